The maximum absolute atomic E-state index is 12.1. The molecular formula is C16H28N2O3. The summed E-state index contributed by atoms with van der Waals surface area (Å²) in [5, 5.41) is 5.97. The van der Waals surface area contributed by atoms with E-state index in [9.17, 15) is 9.59 Å². The quantitative estimate of drug-likeness (QED) is 0.810. The first kappa shape index (κ1) is 16.3. The predicted octanol–water partition coefficient (Wildman–Crippen LogP) is 1.61. The molecule has 0 aromatic rings. The minimum atomic E-state index is 0.0644. The molecule has 5 nitrogen and oxygen atoms in total. The summed E-state index contributed by atoms with van der Waals surface area (Å²) in [6.45, 7) is 5.40. The van der Waals surface area contributed by atoms with Gasteiger partial charge in [-0.1, -0.05) is 0 Å². The molecule has 21 heavy (non-hydrogen) atoms. The van der Waals surface area contributed by atoms with Crippen molar-refractivity contribution in [3.05, 3.63) is 0 Å². The fourth-order valence-corrected chi connectivity index (χ4v) is 3.18. The van der Waals surface area contributed by atoms with Crippen molar-refractivity contribution in [2.24, 2.45) is 11.8 Å². The number of hydrogen-bond acceptors (Lipinski definition) is 3. The van der Waals surface area contributed by atoms with Gasteiger partial charge in [0, 0.05) is 31.0 Å². The van der Waals surface area contributed by atoms with Gasteiger partial charge in [0.15, 0.2) is 0 Å². The van der Waals surface area contributed by atoms with Crippen molar-refractivity contribution < 1.29 is 14.3 Å². The van der Waals surface area contributed by atoms with E-state index in [0.717, 1.165) is 45.1 Å². The van der Waals surface area contributed by atoms with Crippen molar-refractivity contribution in [2.45, 2.75) is 64.5 Å². The highest BCUT2D eigenvalue weighted by molar-refractivity contribution is 5.81. The zero-order valence-corrected chi connectivity index (χ0v) is 13.2. The fourth-order valence-electron chi connectivity index (χ4n) is 3.18. The van der Waals surface area contributed by atoms with Crippen molar-refractivity contribution in [3.8, 4) is 0 Å². The molecule has 120 valence electrons. The number of carbonyl (C=O) groups excluding carboxylic acids is 2. The van der Waals surface area contributed by atoms with Crippen molar-refractivity contribution >= 4 is 11.8 Å². The normalized spacial score (nSPS) is 29.4. The molecule has 2 amide bonds. The molecule has 1 saturated carbocycles. The number of rotatable bonds is 5. The highest BCUT2D eigenvalue weighted by Gasteiger charge is 2.30. The summed E-state index contributed by atoms with van der Waals surface area (Å²) in [6, 6.07) is 0.185. The molecule has 1 heterocycles. The first-order valence-corrected chi connectivity index (χ1v) is 8.26. The van der Waals surface area contributed by atoms with E-state index in [0.29, 0.717) is 6.54 Å². The van der Waals surface area contributed by atoms with Crippen LogP contribution in [0.3, 0.4) is 0 Å². The number of carbonyl (C=O) groups is 2. The third-order valence-electron chi connectivity index (χ3n) is 4.43. The maximum Gasteiger partial charge on any atom is 0.223 e. The zero-order chi connectivity index (χ0) is 15.2. The molecule has 0 radical (unpaired) electrons. The molecule has 2 fully saturated rings. The Morgan fingerprint density at radius 2 is 1.67 bits per heavy atom. The summed E-state index contributed by atoms with van der Waals surface area (Å²) in [7, 11) is 0. The first-order valence-electron chi connectivity index (χ1n) is 8.26. The van der Waals surface area contributed by atoms with Crippen LogP contribution in [0.5, 0.6) is 0 Å². The van der Waals surface area contributed by atoms with E-state index in [1.165, 1.54) is 0 Å². The van der Waals surface area contributed by atoms with Gasteiger partial charge in [-0.15, -0.1) is 0 Å². The molecule has 5 heteroatoms. The molecule has 0 aromatic heterocycles. The van der Waals surface area contributed by atoms with Gasteiger partial charge in [0.1, 0.15) is 0 Å². The van der Waals surface area contributed by atoms with Crippen molar-refractivity contribution in [3.63, 3.8) is 0 Å². The molecule has 1 unspecified atom stereocenters. The molecule has 2 N–H and O–H groups in total. The van der Waals surface area contributed by atoms with Gasteiger partial charge in [-0.25, -0.2) is 0 Å². The molecule has 0 aromatic carbocycles. The fraction of sp³-hybridized carbons (Fsp3) is 0.875. The van der Waals surface area contributed by atoms with Gasteiger partial charge in [0.05, 0.1) is 6.10 Å². The van der Waals surface area contributed by atoms with E-state index in [-0.39, 0.29) is 35.8 Å². The number of hydrogen-bond donors (Lipinski definition) is 2. The predicted molar refractivity (Wildman–Crippen MR) is 80.7 cm³/mol. The second-order valence-electron chi connectivity index (χ2n) is 6.59. The van der Waals surface area contributed by atoms with Crippen LogP contribution in [-0.2, 0) is 14.3 Å². The Bertz CT molecular complexity index is 357. The standard InChI is InChI=1S/C16H28N2O3/c1-11(2)18-16(20)13-7-5-12(6-8-13)15(19)17-10-14-4-3-9-21-14/h11-14H,3-10H2,1-2H3,(H,17,19)(H,18,20). The van der Waals surface area contributed by atoms with E-state index < -0.39 is 0 Å². The van der Waals surface area contributed by atoms with Crippen molar-refractivity contribution in [2.75, 3.05) is 13.2 Å². The Hall–Kier alpha value is -1.10. The molecule has 0 bridgehead atoms. The van der Waals surface area contributed by atoms with Crippen LogP contribution in [0.1, 0.15) is 52.4 Å². The largest absolute Gasteiger partial charge is 0.376 e. The van der Waals surface area contributed by atoms with Gasteiger partial charge in [-0.05, 0) is 52.4 Å². The lowest BCUT2D eigenvalue weighted by atomic mass is 9.81. The van der Waals surface area contributed by atoms with Gasteiger partial charge >= 0.3 is 0 Å². The Morgan fingerprint density at radius 1 is 1.05 bits per heavy atom. The number of amides is 2. The lowest BCUT2D eigenvalue weighted by Gasteiger charge is -2.28. The third kappa shape index (κ3) is 4.99. The van der Waals surface area contributed by atoms with Crippen LogP contribution in [-0.4, -0.2) is 37.1 Å². The summed E-state index contributed by atoms with van der Waals surface area (Å²) in [5.74, 6) is 0.417. The molecule has 1 saturated heterocycles. The smallest absolute Gasteiger partial charge is 0.223 e. The first-order chi connectivity index (χ1) is 10.1. The van der Waals surface area contributed by atoms with Gasteiger partial charge in [0.2, 0.25) is 11.8 Å². The minimum Gasteiger partial charge on any atom is -0.376 e. The zero-order valence-electron chi connectivity index (χ0n) is 13.2. The van der Waals surface area contributed by atoms with Gasteiger partial charge in [-0.3, -0.25) is 9.59 Å². The molecular weight excluding hydrogens is 268 g/mol. The molecule has 0 spiro atoms. The summed E-state index contributed by atoms with van der Waals surface area (Å²) in [5.41, 5.74) is 0. The van der Waals surface area contributed by atoms with Crippen molar-refractivity contribution in [1.29, 1.82) is 0 Å². The van der Waals surface area contributed by atoms with Crippen molar-refractivity contribution in [1.82, 2.24) is 10.6 Å². The summed E-state index contributed by atoms with van der Waals surface area (Å²) < 4.78 is 5.51. The third-order valence-corrected chi connectivity index (χ3v) is 4.43. The molecule has 1 aliphatic heterocycles. The van der Waals surface area contributed by atoms with E-state index in [4.69, 9.17) is 4.74 Å². The van der Waals surface area contributed by atoms with Gasteiger partial charge < -0.3 is 15.4 Å². The number of ether oxygens (including phenoxy) is 1. The van der Waals surface area contributed by atoms with Crippen LogP contribution in [0.4, 0.5) is 0 Å². The molecule has 1 atom stereocenters. The van der Waals surface area contributed by atoms with Crippen LogP contribution in [0.2, 0.25) is 0 Å². The van der Waals surface area contributed by atoms with Crippen LogP contribution in [0.15, 0.2) is 0 Å². The highest BCUT2D eigenvalue weighted by Crippen LogP contribution is 2.29. The average molecular weight is 296 g/mol. The maximum atomic E-state index is 12.1. The Balaban J connectivity index is 1.67. The van der Waals surface area contributed by atoms with E-state index >= 15 is 0 Å². The average Bonchev–Trinajstić information content (AvgIpc) is 2.97. The van der Waals surface area contributed by atoms with E-state index in [1.807, 2.05) is 13.8 Å². The lowest BCUT2D eigenvalue weighted by Crippen LogP contribution is -2.41. The molecule has 2 rings (SSSR count). The second kappa shape index (κ2) is 7.78. The van der Waals surface area contributed by atoms with Crippen LogP contribution in [0, 0.1) is 11.8 Å². The molecule has 1 aliphatic carbocycles. The Morgan fingerprint density at radius 3 is 2.19 bits per heavy atom. The summed E-state index contributed by atoms with van der Waals surface area (Å²) >= 11 is 0. The van der Waals surface area contributed by atoms with Gasteiger partial charge in [-0.2, -0.15) is 0 Å². The second-order valence-corrected chi connectivity index (χ2v) is 6.59. The van der Waals surface area contributed by atoms with E-state index in [2.05, 4.69) is 10.6 Å². The van der Waals surface area contributed by atoms with Crippen LogP contribution in [0.25, 0.3) is 0 Å². The summed E-state index contributed by atoms with van der Waals surface area (Å²) in [6.07, 6.45) is 5.59. The molecule has 2 aliphatic rings. The van der Waals surface area contributed by atoms with Gasteiger partial charge in [0.25, 0.3) is 0 Å². The summed E-state index contributed by atoms with van der Waals surface area (Å²) in [4.78, 5) is 24.1. The van der Waals surface area contributed by atoms with Crippen LogP contribution < -0.4 is 10.6 Å². The monoisotopic (exact) mass is 296 g/mol. The topological polar surface area (TPSA) is 67.4 Å². The van der Waals surface area contributed by atoms with Crippen LogP contribution >= 0.6 is 0 Å². The highest BCUT2D eigenvalue weighted by atomic mass is 16.5. The SMILES string of the molecule is CC(C)NC(=O)C1CCC(C(=O)NCC2CCCO2)CC1. The van der Waals surface area contributed by atoms with E-state index in [1.54, 1.807) is 0 Å². The lowest BCUT2D eigenvalue weighted by molar-refractivity contribution is -0.131. The minimum absolute atomic E-state index is 0.0644. The Kier molecular flexibility index (Phi) is 6.03. The number of nitrogens with one attached hydrogen (secondary N) is 2. The Labute approximate surface area is 127 Å².